The topological polar surface area (TPSA) is 63.8 Å². The van der Waals surface area contributed by atoms with Crippen LogP contribution >= 0.6 is 11.3 Å². The van der Waals surface area contributed by atoms with Crippen molar-refractivity contribution in [2.45, 2.75) is 25.4 Å². The molecule has 5 rings (SSSR count). The Balaban J connectivity index is 1.59. The Kier molecular flexibility index (Phi) is 3.05. The molecule has 1 atom stereocenters. The molecule has 0 amide bonds. The fourth-order valence-corrected chi connectivity index (χ4v) is 4.50. The van der Waals surface area contributed by atoms with E-state index in [-0.39, 0.29) is 0 Å². The molecule has 1 aliphatic rings. The van der Waals surface area contributed by atoms with Gasteiger partial charge in [-0.3, -0.25) is 4.68 Å². The fourth-order valence-electron chi connectivity index (χ4n) is 3.35. The molecule has 5 nitrogen and oxygen atoms in total. The number of hydrogen-bond donors (Lipinski definition) is 1. The number of nitrogens with zero attached hydrogens (tertiary/aromatic N) is 4. The Morgan fingerprint density at radius 3 is 2.88 bits per heavy atom. The van der Waals surface area contributed by atoms with Gasteiger partial charge in [0.25, 0.3) is 0 Å². The monoisotopic (exact) mass is 350 g/mol. The molecule has 126 valence electrons. The van der Waals surface area contributed by atoms with Crippen molar-refractivity contribution < 1.29 is 5.11 Å². The maximum Gasteiger partial charge on any atom is 0.181 e. The first kappa shape index (κ1) is 15.0. The molecule has 25 heavy (non-hydrogen) atoms. The predicted octanol–water partition coefficient (Wildman–Crippen LogP) is 3.86. The van der Waals surface area contributed by atoms with Gasteiger partial charge in [0.1, 0.15) is 4.83 Å². The number of fused-ring (bicyclic) bond motifs is 2. The largest absolute Gasteiger partial charge is 0.384 e. The van der Waals surface area contributed by atoms with Crippen molar-refractivity contribution in [3.8, 4) is 11.3 Å². The van der Waals surface area contributed by atoms with Crippen molar-refractivity contribution in [1.29, 1.82) is 0 Å². The van der Waals surface area contributed by atoms with E-state index in [1.165, 1.54) is 0 Å². The minimum absolute atomic E-state index is 0.386. The van der Waals surface area contributed by atoms with Crippen LogP contribution in [0.1, 0.15) is 24.6 Å². The highest BCUT2D eigenvalue weighted by Crippen LogP contribution is 2.48. The van der Waals surface area contributed by atoms with Gasteiger partial charge in [-0.2, -0.15) is 5.10 Å². The molecule has 0 unspecified atom stereocenters. The molecular formula is C19H18N4OS. The van der Waals surface area contributed by atoms with Crippen LogP contribution in [-0.4, -0.2) is 24.9 Å². The third kappa shape index (κ3) is 2.44. The van der Waals surface area contributed by atoms with Gasteiger partial charge >= 0.3 is 0 Å². The zero-order valence-corrected chi connectivity index (χ0v) is 14.9. The molecule has 6 heteroatoms. The Labute approximate surface area is 149 Å². The van der Waals surface area contributed by atoms with E-state index in [1.807, 2.05) is 32.4 Å². The summed E-state index contributed by atoms with van der Waals surface area (Å²) in [7, 11) is 1.89. The van der Waals surface area contributed by atoms with E-state index in [9.17, 15) is 5.11 Å². The van der Waals surface area contributed by atoms with Crippen molar-refractivity contribution in [2.24, 2.45) is 13.0 Å². The van der Waals surface area contributed by atoms with Crippen LogP contribution in [0, 0.1) is 5.92 Å². The van der Waals surface area contributed by atoms with Crippen LogP contribution in [0.4, 0.5) is 0 Å². The second-order valence-corrected chi connectivity index (χ2v) is 8.09. The van der Waals surface area contributed by atoms with Gasteiger partial charge in [-0.25, -0.2) is 9.97 Å². The van der Waals surface area contributed by atoms with Gasteiger partial charge in [0.15, 0.2) is 5.65 Å². The number of aromatic nitrogens is 4. The van der Waals surface area contributed by atoms with Gasteiger partial charge < -0.3 is 5.11 Å². The highest BCUT2D eigenvalue weighted by Gasteiger charge is 2.42. The summed E-state index contributed by atoms with van der Waals surface area (Å²) in [6.07, 6.45) is 5.99. The fraction of sp³-hybridized carbons (Fsp3) is 0.316. The Morgan fingerprint density at radius 2 is 2.08 bits per heavy atom. The van der Waals surface area contributed by atoms with E-state index in [2.05, 4.69) is 28.3 Å². The lowest BCUT2D eigenvalue weighted by molar-refractivity contribution is 0.0369. The predicted molar refractivity (Wildman–Crippen MR) is 99.4 cm³/mol. The molecule has 1 saturated carbocycles. The lowest BCUT2D eigenvalue weighted by Crippen LogP contribution is -2.21. The summed E-state index contributed by atoms with van der Waals surface area (Å²) in [6.45, 7) is 1.93. The van der Waals surface area contributed by atoms with E-state index < -0.39 is 5.60 Å². The van der Waals surface area contributed by atoms with Gasteiger partial charge in [0, 0.05) is 40.7 Å². The molecule has 1 aliphatic carbocycles. The molecule has 1 fully saturated rings. The van der Waals surface area contributed by atoms with Crippen LogP contribution in [0.25, 0.3) is 32.5 Å². The average molecular weight is 350 g/mol. The lowest BCUT2D eigenvalue weighted by Gasteiger charge is -2.20. The summed E-state index contributed by atoms with van der Waals surface area (Å²) in [5.74, 6) is 0.386. The van der Waals surface area contributed by atoms with Gasteiger partial charge in [-0.15, -0.1) is 11.3 Å². The zero-order valence-electron chi connectivity index (χ0n) is 14.1. The Morgan fingerprint density at radius 1 is 1.24 bits per heavy atom. The summed E-state index contributed by atoms with van der Waals surface area (Å²) in [5, 5.41) is 17.2. The van der Waals surface area contributed by atoms with E-state index in [4.69, 9.17) is 4.98 Å². The zero-order chi connectivity index (χ0) is 17.2. The third-order valence-corrected chi connectivity index (χ3v) is 6.29. The van der Waals surface area contributed by atoms with Crippen molar-refractivity contribution in [3.63, 3.8) is 0 Å². The lowest BCUT2D eigenvalue weighted by atomic mass is 9.98. The average Bonchev–Trinajstić information content (AvgIpc) is 3.25. The molecule has 0 bridgehead atoms. The number of rotatable bonds is 3. The molecule has 0 spiro atoms. The van der Waals surface area contributed by atoms with Crippen LogP contribution in [0.5, 0.6) is 0 Å². The number of aryl methyl sites for hydroxylation is 1. The van der Waals surface area contributed by atoms with E-state index >= 15 is 0 Å². The van der Waals surface area contributed by atoms with Gasteiger partial charge in [0.05, 0.1) is 11.3 Å². The molecule has 0 saturated heterocycles. The summed E-state index contributed by atoms with van der Waals surface area (Å²) in [5.41, 5.74) is 1.88. The van der Waals surface area contributed by atoms with Crippen molar-refractivity contribution >= 4 is 32.6 Å². The molecular weight excluding hydrogens is 332 g/mol. The molecule has 0 aliphatic heterocycles. The van der Waals surface area contributed by atoms with E-state index in [1.54, 1.807) is 16.0 Å². The van der Waals surface area contributed by atoms with Crippen LogP contribution in [0.3, 0.4) is 0 Å². The Bertz CT molecular complexity index is 1110. The minimum Gasteiger partial charge on any atom is -0.384 e. The first-order chi connectivity index (χ1) is 12.0. The van der Waals surface area contributed by atoms with E-state index in [0.29, 0.717) is 5.92 Å². The highest BCUT2D eigenvalue weighted by molar-refractivity contribution is 7.18. The maximum absolute atomic E-state index is 10.8. The van der Waals surface area contributed by atoms with Crippen LogP contribution in [-0.2, 0) is 12.6 Å². The molecule has 4 aromatic heterocycles. The van der Waals surface area contributed by atoms with Crippen LogP contribution < -0.4 is 0 Å². The highest BCUT2D eigenvalue weighted by atomic mass is 32.1. The first-order valence-electron chi connectivity index (χ1n) is 8.44. The smallest absolute Gasteiger partial charge is 0.181 e. The quantitative estimate of drug-likeness (QED) is 0.609. The van der Waals surface area contributed by atoms with Crippen LogP contribution in [0.2, 0.25) is 0 Å². The van der Waals surface area contributed by atoms with Crippen LogP contribution in [0.15, 0.2) is 36.7 Å². The second-order valence-electron chi connectivity index (χ2n) is 7.06. The standard InChI is InChI=1S/C19H18N4OS/c1-19(24,14-4-5-14)16-8-11-3-6-15(21-18(11)25-16)12-7-13-10-23(2)22-17(13)20-9-12/h3,6-10,14,24H,4-5H2,1-2H3/t19-/m1/s1. The number of hydrogen-bond acceptors (Lipinski definition) is 5. The molecule has 0 aromatic carbocycles. The number of thiophene rings is 1. The third-order valence-electron chi connectivity index (χ3n) is 5.02. The summed E-state index contributed by atoms with van der Waals surface area (Å²) >= 11 is 1.59. The van der Waals surface area contributed by atoms with Gasteiger partial charge in [-0.1, -0.05) is 0 Å². The molecule has 0 radical (unpaired) electrons. The van der Waals surface area contributed by atoms with Gasteiger partial charge in [0.2, 0.25) is 0 Å². The maximum atomic E-state index is 10.8. The summed E-state index contributed by atoms with van der Waals surface area (Å²) in [4.78, 5) is 11.2. The Hall–Kier alpha value is -2.31. The summed E-state index contributed by atoms with van der Waals surface area (Å²) in [6, 6.07) is 8.24. The SMILES string of the molecule is Cn1cc2cc(-c3ccc4cc([C@](C)(O)C5CC5)sc4n3)cnc2n1. The molecule has 4 aromatic rings. The first-order valence-corrected chi connectivity index (χ1v) is 9.25. The van der Waals surface area contributed by atoms with E-state index in [0.717, 1.165) is 50.2 Å². The molecule has 4 heterocycles. The van der Waals surface area contributed by atoms with Crippen molar-refractivity contribution in [1.82, 2.24) is 19.7 Å². The normalized spacial score (nSPS) is 17.2. The van der Waals surface area contributed by atoms with Crippen molar-refractivity contribution in [3.05, 3.63) is 41.5 Å². The second kappa shape index (κ2) is 5.09. The summed E-state index contributed by atoms with van der Waals surface area (Å²) < 4.78 is 1.77. The number of pyridine rings is 2. The number of aliphatic hydroxyl groups is 1. The van der Waals surface area contributed by atoms with Crippen molar-refractivity contribution in [2.75, 3.05) is 0 Å². The van der Waals surface area contributed by atoms with Gasteiger partial charge in [-0.05, 0) is 49.9 Å². The minimum atomic E-state index is -0.734. The molecule has 1 N–H and O–H groups in total.